The molecule has 1 aromatic rings. The van der Waals surface area contributed by atoms with Crippen molar-refractivity contribution in [3.05, 3.63) is 11.4 Å². The largest absolute Gasteiger partial charge is 0.444 e. The van der Waals surface area contributed by atoms with Gasteiger partial charge in [0.15, 0.2) is 0 Å². The third kappa shape index (κ3) is 4.97. The minimum absolute atomic E-state index is 0.261. The molecule has 0 aromatic carbocycles. The van der Waals surface area contributed by atoms with E-state index in [9.17, 15) is 9.59 Å². The molecule has 8 nitrogen and oxygen atoms in total. The Labute approximate surface area is 124 Å². The third-order valence-corrected chi connectivity index (χ3v) is 2.56. The SMILES string of the molecule is Cc1nn(C)c(C(=O)NCCNC(=O)OC(C)(C)C)c1N. The van der Waals surface area contributed by atoms with Gasteiger partial charge in [-0.15, -0.1) is 0 Å². The highest BCUT2D eigenvalue weighted by Crippen LogP contribution is 2.14. The molecule has 4 N–H and O–H groups in total. The molecule has 118 valence electrons. The Morgan fingerprint density at radius 3 is 2.33 bits per heavy atom. The van der Waals surface area contributed by atoms with E-state index in [2.05, 4.69) is 15.7 Å². The monoisotopic (exact) mass is 297 g/mol. The van der Waals surface area contributed by atoms with Gasteiger partial charge in [-0.3, -0.25) is 9.48 Å². The maximum absolute atomic E-state index is 12.0. The highest BCUT2D eigenvalue weighted by molar-refractivity contribution is 5.97. The number of amides is 2. The molecule has 0 aliphatic carbocycles. The number of nitrogens with two attached hydrogens (primary N) is 1. The first kappa shape index (κ1) is 16.8. The molecule has 0 saturated carbocycles. The number of carbonyl (C=O) groups excluding carboxylic acids is 2. The van der Waals surface area contributed by atoms with Crippen molar-refractivity contribution in [1.82, 2.24) is 20.4 Å². The van der Waals surface area contributed by atoms with Crippen molar-refractivity contribution in [3.8, 4) is 0 Å². The molecule has 0 bridgehead atoms. The summed E-state index contributed by atoms with van der Waals surface area (Å²) in [7, 11) is 1.65. The van der Waals surface area contributed by atoms with Crippen molar-refractivity contribution in [2.75, 3.05) is 18.8 Å². The number of hydrogen-bond donors (Lipinski definition) is 3. The van der Waals surface area contributed by atoms with Crippen molar-refractivity contribution in [3.63, 3.8) is 0 Å². The molecule has 0 unspecified atom stereocenters. The summed E-state index contributed by atoms with van der Waals surface area (Å²) in [6, 6.07) is 0. The average Bonchev–Trinajstić information content (AvgIpc) is 2.56. The van der Waals surface area contributed by atoms with Crippen LogP contribution in [-0.2, 0) is 11.8 Å². The first-order valence-electron chi connectivity index (χ1n) is 6.66. The molecular formula is C13H23N5O3. The summed E-state index contributed by atoms with van der Waals surface area (Å²) >= 11 is 0. The third-order valence-electron chi connectivity index (χ3n) is 2.56. The van der Waals surface area contributed by atoms with E-state index in [1.165, 1.54) is 4.68 Å². The summed E-state index contributed by atoms with van der Waals surface area (Å²) in [5.41, 5.74) is 6.52. The average molecular weight is 297 g/mol. The van der Waals surface area contributed by atoms with Crippen LogP contribution in [-0.4, -0.2) is 40.5 Å². The van der Waals surface area contributed by atoms with Crippen LogP contribution in [0.1, 0.15) is 37.0 Å². The number of rotatable bonds is 4. The van der Waals surface area contributed by atoms with Crippen LogP contribution in [0.5, 0.6) is 0 Å². The minimum atomic E-state index is -0.548. The number of hydrogen-bond acceptors (Lipinski definition) is 5. The van der Waals surface area contributed by atoms with Crippen LogP contribution >= 0.6 is 0 Å². The van der Waals surface area contributed by atoms with Crippen molar-refractivity contribution in [2.45, 2.75) is 33.3 Å². The summed E-state index contributed by atoms with van der Waals surface area (Å²) in [5.74, 6) is -0.332. The smallest absolute Gasteiger partial charge is 0.407 e. The summed E-state index contributed by atoms with van der Waals surface area (Å²) in [6.45, 7) is 7.60. The fourth-order valence-electron chi connectivity index (χ4n) is 1.68. The van der Waals surface area contributed by atoms with Crippen LogP contribution in [0.4, 0.5) is 10.5 Å². The topological polar surface area (TPSA) is 111 Å². The van der Waals surface area contributed by atoms with Gasteiger partial charge in [0.1, 0.15) is 11.3 Å². The lowest BCUT2D eigenvalue weighted by atomic mass is 10.2. The Morgan fingerprint density at radius 1 is 1.29 bits per heavy atom. The lowest BCUT2D eigenvalue weighted by molar-refractivity contribution is 0.0526. The maximum Gasteiger partial charge on any atom is 0.407 e. The van der Waals surface area contributed by atoms with E-state index < -0.39 is 11.7 Å². The van der Waals surface area contributed by atoms with E-state index in [0.29, 0.717) is 17.1 Å². The van der Waals surface area contributed by atoms with Crippen LogP contribution in [0.15, 0.2) is 0 Å². The molecule has 0 radical (unpaired) electrons. The molecule has 1 rings (SSSR count). The maximum atomic E-state index is 12.0. The van der Waals surface area contributed by atoms with Crippen LogP contribution in [0.25, 0.3) is 0 Å². The second-order valence-electron chi connectivity index (χ2n) is 5.66. The molecule has 8 heteroatoms. The number of aryl methyl sites for hydroxylation is 2. The van der Waals surface area contributed by atoms with Gasteiger partial charge >= 0.3 is 6.09 Å². The molecule has 0 spiro atoms. The quantitative estimate of drug-likeness (QED) is 0.703. The second kappa shape index (κ2) is 6.47. The van der Waals surface area contributed by atoms with Crippen molar-refractivity contribution < 1.29 is 14.3 Å². The van der Waals surface area contributed by atoms with Gasteiger partial charge in [-0.1, -0.05) is 0 Å². The Morgan fingerprint density at radius 2 is 1.86 bits per heavy atom. The molecule has 2 amide bonds. The van der Waals surface area contributed by atoms with Gasteiger partial charge in [0.2, 0.25) is 0 Å². The van der Waals surface area contributed by atoms with Crippen LogP contribution in [0.2, 0.25) is 0 Å². The van der Waals surface area contributed by atoms with Crippen LogP contribution in [0, 0.1) is 6.92 Å². The second-order valence-corrected chi connectivity index (χ2v) is 5.66. The van der Waals surface area contributed by atoms with E-state index in [4.69, 9.17) is 10.5 Å². The van der Waals surface area contributed by atoms with Gasteiger partial charge in [0.25, 0.3) is 5.91 Å². The predicted molar refractivity (Wildman–Crippen MR) is 78.9 cm³/mol. The Kier molecular flexibility index (Phi) is 5.17. The molecule has 21 heavy (non-hydrogen) atoms. The Bertz CT molecular complexity index is 531. The zero-order valence-corrected chi connectivity index (χ0v) is 13.1. The molecule has 1 heterocycles. The normalized spacial score (nSPS) is 11.1. The zero-order valence-electron chi connectivity index (χ0n) is 13.1. The van der Waals surface area contributed by atoms with Gasteiger partial charge < -0.3 is 21.1 Å². The van der Waals surface area contributed by atoms with Crippen molar-refractivity contribution in [2.24, 2.45) is 7.05 Å². The van der Waals surface area contributed by atoms with E-state index in [1.807, 2.05) is 0 Å². The number of aromatic nitrogens is 2. The van der Waals surface area contributed by atoms with Gasteiger partial charge in [0.05, 0.1) is 11.4 Å². The molecule has 0 aliphatic heterocycles. The molecular weight excluding hydrogens is 274 g/mol. The molecule has 0 atom stereocenters. The predicted octanol–water partition coefficient (Wildman–Crippen LogP) is 0.565. The summed E-state index contributed by atoms with van der Waals surface area (Å²) < 4.78 is 6.51. The number of nitrogens with one attached hydrogen (secondary N) is 2. The molecule has 0 aliphatic rings. The lowest BCUT2D eigenvalue weighted by Crippen LogP contribution is -2.38. The summed E-state index contributed by atoms with van der Waals surface area (Å²) in [4.78, 5) is 23.4. The molecule has 1 aromatic heterocycles. The van der Waals surface area contributed by atoms with Gasteiger partial charge in [0, 0.05) is 20.1 Å². The number of ether oxygens (including phenoxy) is 1. The van der Waals surface area contributed by atoms with E-state index >= 15 is 0 Å². The number of carbonyl (C=O) groups is 2. The highest BCUT2D eigenvalue weighted by atomic mass is 16.6. The van der Waals surface area contributed by atoms with E-state index in [1.54, 1.807) is 34.7 Å². The number of nitrogen functional groups attached to an aromatic ring is 1. The molecule has 0 fully saturated rings. The van der Waals surface area contributed by atoms with Crippen LogP contribution in [0.3, 0.4) is 0 Å². The fourth-order valence-corrected chi connectivity index (χ4v) is 1.68. The van der Waals surface area contributed by atoms with Gasteiger partial charge in [-0.2, -0.15) is 5.10 Å². The Hall–Kier alpha value is -2.25. The standard InChI is InChI=1S/C13H23N5O3/c1-8-9(14)10(18(5)17-8)11(19)15-6-7-16-12(20)21-13(2,3)4/h6-7,14H2,1-5H3,(H,15,19)(H,16,20). The first-order valence-corrected chi connectivity index (χ1v) is 6.66. The number of alkyl carbamates (subject to hydrolysis) is 1. The van der Waals surface area contributed by atoms with Crippen molar-refractivity contribution >= 4 is 17.7 Å². The summed E-state index contributed by atoms with van der Waals surface area (Å²) in [5, 5.41) is 9.28. The fraction of sp³-hybridized carbons (Fsp3) is 0.615. The lowest BCUT2D eigenvalue weighted by Gasteiger charge is -2.19. The highest BCUT2D eigenvalue weighted by Gasteiger charge is 2.18. The molecule has 0 saturated heterocycles. The minimum Gasteiger partial charge on any atom is -0.444 e. The van der Waals surface area contributed by atoms with Gasteiger partial charge in [-0.25, -0.2) is 4.79 Å². The zero-order chi connectivity index (χ0) is 16.2. The Balaban J connectivity index is 2.40. The van der Waals surface area contributed by atoms with Crippen molar-refractivity contribution in [1.29, 1.82) is 0 Å². The summed E-state index contributed by atoms with van der Waals surface area (Å²) in [6.07, 6.45) is -0.521. The van der Waals surface area contributed by atoms with Crippen LogP contribution < -0.4 is 16.4 Å². The van der Waals surface area contributed by atoms with Gasteiger partial charge in [-0.05, 0) is 27.7 Å². The number of nitrogens with zero attached hydrogens (tertiary/aromatic N) is 2. The number of anilines is 1. The van der Waals surface area contributed by atoms with E-state index in [-0.39, 0.29) is 19.0 Å². The van der Waals surface area contributed by atoms with E-state index in [0.717, 1.165) is 0 Å². The first-order chi connectivity index (χ1) is 9.61.